The maximum absolute atomic E-state index is 12.2. The highest BCUT2D eigenvalue weighted by Gasteiger charge is 2.42. The van der Waals surface area contributed by atoms with Crippen LogP contribution in [0.4, 0.5) is 13.2 Å². The number of alkyl halides is 3. The fraction of sp³-hybridized carbons (Fsp3) is 0.571. The van der Waals surface area contributed by atoms with E-state index < -0.39 is 24.3 Å². The molecule has 30 heavy (non-hydrogen) atoms. The number of halogens is 3. The van der Waals surface area contributed by atoms with Crippen molar-refractivity contribution >= 4 is 5.97 Å². The van der Waals surface area contributed by atoms with Gasteiger partial charge in [-0.25, -0.2) is 4.79 Å². The number of ether oxygens (including phenoxy) is 1. The van der Waals surface area contributed by atoms with E-state index in [4.69, 9.17) is 10.3 Å². The molecule has 0 radical (unpaired) electrons. The number of rotatable bonds is 12. The van der Waals surface area contributed by atoms with E-state index in [0.717, 1.165) is 12.8 Å². The Balaban J connectivity index is 1.79. The quantitative estimate of drug-likeness (QED) is 0.274. The highest BCUT2D eigenvalue weighted by Crippen LogP contribution is 2.23. The maximum Gasteiger partial charge on any atom is 0.490 e. The second kappa shape index (κ2) is 11.7. The van der Waals surface area contributed by atoms with E-state index in [0.29, 0.717) is 5.56 Å². The average Bonchev–Trinajstić information content (AvgIpc) is 3.20. The van der Waals surface area contributed by atoms with Gasteiger partial charge in [-0.2, -0.15) is 18.2 Å². The Labute approximate surface area is 174 Å². The van der Waals surface area contributed by atoms with Crippen LogP contribution in [-0.4, -0.2) is 22.3 Å². The third kappa shape index (κ3) is 7.78. The van der Waals surface area contributed by atoms with Crippen LogP contribution in [0.15, 0.2) is 28.8 Å². The van der Waals surface area contributed by atoms with Gasteiger partial charge in [0, 0.05) is 5.56 Å². The number of hydrogen-bond acceptors (Lipinski definition) is 6. The zero-order chi connectivity index (χ0) is 22.0. The van der Waals surface area contributed by atoms with Gasteiger partial charge in [-0.1, -0.05) is 81.3 Å². The van der Waals surface area contributed by atoms with Crippen molar-refractivity contribution in [1.82, 2.24) is 10.1 Å². The van der Waals surface area contributed by atoms with E-state index in [1.54, 1.807) is 0 Å². The minimum absolute atomic E-state index is 0.155. The molecule has 0 aliphatic rings. The van der Waals surface area contributed by atoms with Crippen LogP contribution >= 0.6 is 0 Å². The van der Waals surface area contributed by atoms with E-state index in [9.17, 15) is 18.0 Å². The van der Waals surface area contributed by atoms with Gasteiger partial charge in [0.25, 0.3) is 5.89 Å². The Bertz CT molecular complexity index is 776. The van der Waals surface area contributed by atoms with E-state index >= 15 is 0 Å². The summed E-state index contributed by atoms with van der Waals surface area (Å²) in [6, 6.07) is 7.52. The molecule has 0 saturated heterocycles. The van der Waals surface area contributed by atoms with Crippen LogP contribution in [0.2, 0.25) is 0 Å². The van der Waals surface area contributed by atoms with Crippen LogP contribution in [0.1, 0.15) is 76.0 Å². The SMILES string of the molecule is CCCCCCCCCCc1ccc(-c2noc(C(N)OC(=O)C(F)(F)F)n2)cc1. The van der Waals surface area contributed by atoms with Crippen molar-refractivity contribution in [1.29, 1.82) is 0 Å². The molecule has 9 heteroatoms. The number of carbonyl (C=O) groups is 1. The van der Waals surface area contributed by atoms with Crippen LogP contribution in [-0.2, 0) is 16.0 Å². The van der Waals surface area contributed by atoms with Crippen LogP contribution in [0.25, 0.3) is 11.4 Å². The largest absolute Gasteiger partial charge is 0.490 e. The summed E-state index contributed by atoms with van der Waals surface area (Å²) in [7, 11) is 0. The summed E-state index contributed by atoms with van der Waals surface area (Å²) in [6.07, 6.45) is 4.14. The second-order valence-electron chi connectivity index (χ2n) is 7.20. The highest BCUT2D eigenvalue weighted by molar-refractivity contribution is 5.75. The van der Waals surface area contributed by atoms with Crippen LogP contribution in [0.3, 0.4) is 0 Å². The fourth-order valence-electron chi connectivity index (χ4n) is 2.98. The average molecular weight is 427 g/mol. The summed E-state index contributed by atoms with van der Waals surface area (Å²) >= 11 is 0. The Hall–Kier alpha value is -2.42. The Morgan fingerprint density at radius 1 is 1.07 bits per heavy atom. The van der Waals surface area contributed by atoms with Crippen molar-refractivity contribution in [3.05, 3.63) is 35.7 Å². The summed E-state index contributed by atoms with van der Waals surface area (Å²) < 4.78 is 45.6. The lowest BCUT2D eigenvalue weighted by molar-refractivity contribution is -0.206. The molecule has 0 aliphatic carbocycles. The molecule has 6 nitrogen and oxygen atoms in total. The molecule has 2 N–H and O–H groups in total. The number of benzene rings is 1. The molecule has 2 aromatic rings. The molecule has 1 aromatic heterocycles. The molecule has 2 rings (SSSR count). The molecule has 0 aliphatic heterocycles. The zero-order valence-electron chi connectivity index (χ0n) is 17.1. The maximum atomic E-state index is 12.2. The minimum atomic E-state index is -5.15. The van der Waals surface area contributed by atoms with E-state index in [1.165, 1.54) is 50.5 Å². The van der Waals surface area contributed by atoms with Gasteiger partial charge in [0.2, 0.25) is 12.1 Å². The molecule has 1 aromatic carbocycles. The molecule has 0 amide bonds. The van der Waals surface area contributed by atoms with E-state index in [1.807, 2.05) is 24.3 Å². The summed E-state index contributed by atoms with van der Waals surface area (Å²) in [6.45, 7) is 2.22. The molecule has 0 spiro atoms. The van der Waals surface area contributed by atoms with Gasteiger partial charge in [0.05, 0.1) is 0 Å². The number of esters is 1. The number of nitrogens with two attached hydrogens (primary N) is 1. The molecule has 1 heterocycles. The number of carbonyl (C=O) groups excluding carboxylic acids is 1. The Morgan fingerprint density at radius 3 is 2.27 bits per heavy atom. The third-order valence-electron chi connectivity index (χ3n) is 4.68. The van der Waals surface area contributed by atoms with Gasteiger partial charge in [-0.15, -0.1) is 0 Å². The van der Waals surface area contributed by atoms with Gasteiger partial charge in [-0.3, -0.25) is 5.73 Å². The Morgan fingerprint density at radius 2 is 1.67 bits per heavy atom. The molecule has 0 saturated carbocycles. The summed E-state index contributed by atoms with van der Waals surface area (Å²) in [5.74, 6) is -2.67. The number of aryl methyl sites for hydroxylation is 1. The second-order valence-corrected chi connectivity index (χ2v) is 7.20. The van der Waals surface area contributed by atoms with Gasteiger partial charge in [0.15, 0.2) is 0 Å². The molecule has 0 bridgehead atoms. The number of nitrogens with zero attached hydrogens (tertiary/aromatic N) is 2. The topological polar surface area (TPSA) is 91.2 Å². The first-order chi connectivity index (χ1) is 14.3. The van der Waals surface area contributed by atoms with Crippen molar-refractivity contribution in [2.45, 2.75) is 77.1 Å². The first-order valence-corrected chi connectivity index (χ1v) is 10.3. The van der Waals surface area contributed by atoms with Crippen molar-refractivity contribution in [3.8, 4) is 11.4 Å². The smallest absolute Gasteiger partial charge is 0.430 e. The first-order valence-electron chi connectivity index (χ1n) is 10.3. The third-order valence-corrected chi connectivity index (χ3v) is 4.68. The summed E-state index contributed by atoms with van der Waals surface area (Å²) in [4.78, 5) is 14.7. The molecular formula is C21H28F3N3O3. The number of unbranched alkanes of at least 4 members (excludes halogenated alkanes) is 7. The highest BCUT2D eigenvalue weighted by atomic mass is 19.4. The molecule has 1 atom stereocenters. The van der Waals surface area contributed by atoms with Crippen LogP contribution in [0, 0.1) is 0 Å². The lowest BCUT2D eigenvalue weighted by Crippen LogP contribution is -2.30. The lowest BCUT2D eigenvalue weighted by Gasteiger charge is -2.10. The Kier molecular flexibility index (Phi) is 9.29. The standard InChI is InChI=1S/C21H28F3N3O3/c1-2-3-4-5-6-7-8-9-10-15-11-13-16(14-12-15)18-26-19(30-27-18)17(25)29-20(28)21(22,23)24/h11-14,17H,2-10,25H2,1H3. The van der Waals surface area contributed by atoms with E-state index in [-0.39, 0.29) is 5.82 Å². The molecule has 0 fully saturated rings. The minimum Gasteiger partial charge on any atom is -0.430 e. The van der Waals surface area contributed by atoms with Crippen molar-refractivity contribution in [2.24, 2.45) is 5.73 Å². The summed E-state index contributed by atoms with van der Waals surface area (Å²) in [5.41, 5.74) is 7.19. The van der Waals surface area contributed by atoms with Crippen molar-refractivity contribution < 1.29 is 27.2 Å². The van der Waals surface area contributed by atoms with Crippen molar-refractivity contribution in [3.63, 3.8) is 0 Å². The fourth-order valence-corrected chi connectivity index (χ4v) is 2.98. The molecule has 1 unspecified atom stereocenters. The zero-order valence-corrected chi connectivity index (χ0v) is 17.1. The summed E-state index contributed by atoms with van der Waals surface area (Å²) in [5, 5.41) is 3.69. The number of hydrogen-bond donors (Lipinski definition) is 1. The normalized spacial score (nSPS) is 12.7. The monoisotopic (exact) mass is 427 g/mol. The lowest BCUT2D eigenvalue weighted by atomic mass is 10.0. The number of aromatic nitrogens is 2. The van der Waals surface area contributed by atoms with Gasteiger partial charge in [0.1, 0.15) is 0 Å². The van der Waals surface area contributed by atoms with Crippen LogP contribution < -0.4 is 5.73 Å². The van der Waals surface area contributed by atoms with Gasteiger partial charge < -0.3 is 9.26 Å². The van der Waals surface area contributed by atoms with Gasteiger partial charge >= 0.3 is 12.1 Å². The predicted octanol–water partition coefficient (Wildman–Crippen LogP) is 5.48. The van der Waals surface area contributed by atoms with Crippen molar-refractivity contribution in [2.75, 3.05) is 0 Å². The molecule has 166 valence electrons. The van der Waals surface area contributed by atoms with Gasteiger partial charge in [-0.05, 0) is 18.4 Å². The molecular weight excluding hydrogens is 399 g/mol. The van der Waals surface area contributed by atoms with E-state index in [2.05, 4.69) is 21.8 Å². The predicted molar refractivity (Wildman–Crippen MR) is 105 cm³/mol. The first kappa shape index (κ1) is 23.9. The van der Waals surface area contributed by atoms with Crippen LogP contribution in [0.5, 0.6) is 0 Å².